The van der Waals surface area contributed by atoms with Gasteiger partial charge in [-0.1, -0.05) is 34.6 Å². The highest BCUT2D eigenvalue weighted by molar-refractivity contribution is 4.70. The van der Waals surface area contributed by atoms with E-state index in [-0.39, 0.29) is 0 Å². The van der Waals surface area contributed by atoms with Crippen LogP contribution in [0.1, 0.15) is 47.5 Å². The zero-order valence-corrected chi connectivity index (χ0v) is 9.35. The first-order chi connectivity index (χ1) is 5.35. The average Bonchev–Trinajstić information content (AvgIpc) is 1.82. The highest BCUT2D eigenvalue weighted by Gasteiger charge is 2.18. The summed E-state index contributed by atoms with van der Waals surface area (Å²) < 4.78 is 0. The maximum atomic E-state index is 5.73. The molecule has 12 heavy (non-hydrogen) atoms. The minimum Gasteiger partial charge on any atom is -0.330 e. The molecule has 0 aromatic rings. The van der Waals surface area contributed by atoms with E-state index >= 15 is 0 Å². The molecule has 0 aromatic heterocycles. The normalized spacial score (nSPS) is 15.2. The monoisotopic (exact) mass is 171 g/mol. The Labute approximate surface area is 77.7 Å². The topological polar surface area (TPSA) is 26.0 Å². The second kappa shape index (κ2) is 4.86. The molecule has 0 fully saturated rings. The van der Waals surface area contributed by atoms with Gasteiger partial charge in [-0.25, -0.2) is 0 Å². The summed E-state index contributed by atoms with van der Waals surface area (Å²) in [6.45, 7) is 12.2. The van der Waals surface area contributed by atoms with Crippen LogP contribution in [0.5, 0.6) is 0 Å². The lowest BCUT2D eigenvalue weighted by Crippen LogP contribution is -2.22. The van der Waals surface area contributed by atoms with Gasteiger partial charge in [0.15, 0.2) is 0 Å². The lowest BCUT2D eigenvalue weighted by molar-refractivity contribution is 0.268. The highest BCUT2D eigenvalue weighted by atomic mass is 14.5. The van der Waals surface area contributed by atoms with Crippen LogP contribution >= 0.6 is 0 Å². The predicted octanol–water partition coefficient (Wildman–Crippen LogP) is 3.04. The van der Waals surface area contributed by atoms with E-state index in [0.717, 1.165) is 12.5 Å². The van der Waals surface area contributed by atoms with Gasteiger partial charge in [-0.3, -0.25) is 0 Å². The van der Waals surface area contributed by atoms with Crippen LogP contribution in [0.25, 0.3) is 0 Å². The molecule has 0 saturated carbocycles. The van der Waals surface area contributed by atoms with Gasteiger partial charge in [-0.05, 0) is 36.6 Å². The number of rotatable bonds is 4. The van der Waals surface area contributed by atoms with Crippen molar-refractivity contribution in [3.63, 3.8) is 0 Å². The summed E-state index contributed by atoms with van der Waals surface area (Å²) in [7, 11) is 0. The van der Waals surface area contributed by atoms with Crippen LogP contribution in [-0.2, 0) is 0 Å². The third-order valence-corrected chi connectivity index (χ3v) is 2.04. The summed E-state index contributed by atoms with van der Waals surface area (Å²) in [6.07, 6.45) is 2.52. The van der Waals surface area contributed by atoms with E-state index in [2.05, 4.69) is 34.6 Å². The Morgan fingerprint density at radius 2 is 1.67 bits per heavy atom. The lowest BCUT2D eigenvalue weighted by atomic mass is 9.81. The third-order valence-electron chi connectivity index (χ3n) is 2.04. The minimum absolute atomic E-state index is 0.429. The van der Waals surface area contributed by atoms with Gasteiger partial charge in [-0.15, -0.1) is 0 Å². The van der Waals surface area contributed by atoms with Crippen LogP contribution in [0.3, 0.4) is 0 Å². The molecule has 1 nitrogen and oxygen atoms in total. The summed E-state index contributed by atoms with van der Waals surface area (Å²) in [6, 6.07) is 0. The first-order valence-corrected chi connectivity index (χ1v) is 5.05. The Bertz CT molecular complexity index is 111. The Hall–Kier alpha value is -0.0400. The van der Waals surface area contributed by atoms with Crippen molar-refractivity contribution >= 4 is 0 Å². The van der Waals surface area contributed by atoms with Crippen LogP contribution in [-0.4, -0.2) is 6.54 Å². The molecule has 1 atom stereocenters. The van der Waals surface area contributed by atoms with Crippen molar-refractivity contribution in [1.82, 2.24) is 0 Å². The molecule has 2 N–H and O–H groups in total. The fourth-order valence-corrected chi connectivity index (χ4v) is 1.80. The van der Waals surface area contributed by atoms with Crippen molar-refractivity contribution in [1.29, 1.82) is 0 Å². The minimum atomic E-state index is 0.429. The van der Waals surface area contributed by atoms with E-state index in [9.17, 15) is 0 Å². The Morgan fingerprint density at radius 3 is 1.92 bits per heavy atom. The first kappa shape index (κ1) is 12.0. The molecule has 0 saturated heterocycles. The lowest BCUT2D eigenvalue weighted by Gasteiger charge is -2.26. The van der Waals surface area contributed by atoms with E-state index in [1.54, 1.807) is 0 Å². The molecule has 1 heteroatoms. The molecule has 0 aliphatic heterocycles. The molecular weight excluding hydrogens is 146 g/mol. The molecule has 0 spiro atoms. The van der Waals surface area contributed by atoms with Crippen molar-refractivity contribution in [2.45, 2.75) is 47.5 Å². The molecule has 0 aliphatic carbocycles. The molecule has 0 rings (SSSR count). The van der Waals surface area contributed by atoms with Gasteiger partial charge in [0, 0.05) is 0 Å². The van der Waals surface area contributed by atoms with Crippen LogP contribution in [0.2, 0.25) is 0 Å². The van der Waals surface area contributed by atoms with Crippen molar-refractivity contribution in [2.24, 2.45) is 23.0 Å². The molecule has 0 unspecified atom stereocenters. The number of nitrogens with two attached hydrogens (primary N) is 1. The molecule has 0 aromatic carbocycles. The summed E-state index contributed by atoms with van der Waals surface area (Å²) in [4.78, 5) is 0. The van der Waals surface area contributed by atoms with Crippen molar-refractivity contribution in [3.05, 3.63) is 0 Å². The van der Waals surface area contributed by atoms with Gasteiger partial charge in [0.2, 0.25) is 0 Å². The van der Waals surface area contributed by atoms with Crippen LogP contribution in [0, 0.1) is 17.3 Å². The summed E-state index contributed by atoms with van der Waals surface area (Å²) in [5, 5.41) is 0. The Kier molecular flexibility index (Phi) is 4.84. The van der Waals surface area contributed by atoms with E-state index in [1.807, 2.05) is 0 Å². The van der Waals surface area contributed by atoms with Gasteiger partial charge >= 0.3 is 0 Å². The number of hydrogen-bond donors (Lipinski definition) is 1. The summed E-state index contributed by atoms with van der Waals surface area (Å²) >= 11 is 0. The predicted molar refractivity (Wildman–Crippen MR) is 56.1 cm³/mol. The quantitative estimate of drug-likeness (QED) is 0.691. The molecular formula is C11H25N. The first-order valence-electron chi connectivity index (χ1n) is 5.05. The molecule has 74 valence electrons. The second-order valence-corrected chi connectivity index (χ2v) is 5.50. The van der Waals surface area contributed by atoms with Crippen molar-refractivity contribution in [2.75, 3.05) is 6.54 Å². The van der Waals surface area contributed by atoms with Crippen LogP contribution < -0.4 is 5.73 Å². The molecule has 0 amide bonds. The van der Waals surface area contributed by atoms with Crippen LogP contribution in [0.4, 0.5) is 0 Å². The third kappa shape index (κ3) is 6.66. The fourth-order valence-electron chi connectivity index (χ4n) is 1.80. The smallest absolute Gasteiger partial charge is 0.00486 e. The van der Waals surface area contributed by atoms with Gasteiger partial charge in [0.25, 0.3) is 0 Å². The van der Waals surface area contributed by atoms with E-state index in [4.69, 9.17) is 5.73 Å². The maximum Gasteiger partial charge on any atom is -0.00486 e. The zero-order chi connectivity index (χ0) is 9.78. The Balaban J connectivity index is 3.83. The fraction of sp³-hybridized carbons (Fsp3) is 1.00. The number of hydrogen-bond acceptors (Lipinski definition) is 1. The van der Waals surface area contributed by atoms with Gasteiger partial charge in [-0.2, -0.15) is 0 Å². The van der Waals surface area contributed by atoms with Gasteiger partial charge < -0.3 is 5.73 Å². The van der Waals surface area contributed by atoms with Crippen molar-refractivity contribution < 1.29 is 0 Å². The molecule has 0 radical (unpaired) electrons. The maximum absolute atomic E-state index is 5.73. The second-order valence-electron chi connectivity index (χ2n) is 5.50. The molecule has 0 bridgehead atoms. The molecule has 0 heterocycles. The Morgan fingerprint density at radius 1 is 1.17 bits per heavy atom. The van der Waals surface area contributed by atoms with Crippen molar-refractivity contribution in [3.8, 4) is 0 Å². The molecule has 0 aliphatic rings. The largest absolute Gasteiger partial charge is 0.330 e. The zero-order valence-electron chi connectivity index (χ0n) is 9.35. The summed E-state index contributed by atoms with van der Waals surface area (Å²) in [5.74, 6) is 1.49. The summed E-state index contributed by atoms with van der Waals surface area (Å²) in [5.41, 5.74) is 6.16. The SMILES string of the molecule is CC(C)C[C@H](CN)CC(C)(C)C. The van der Waals surface area contributed by atoms with Gasteiger partial charge in [0.05, 0.1) is 0 Å². The van der Waals surface area contributed by atoms with Gasteiger partial charge in [0.1, 0.15) is 0 Å². The average molecular weight is 171 g/mol. The van der Waals surface area contributed by atoms with E-state index in [0.29, 0.717) is 11.3 Å². The van der Waals surface area contributed by atoms with E-state index < -0.39 is 0 Å². The van der Waals surface area contributed by atoms with Crippen LogP contribution in [0.15, 0.2) is 0 Å². The van der Waals surface area contributed by atoms with E-state index in [1.165, 1.54) is 12.8 Å². The highest BCUT2D eigenvalue weighted by Crippen LogP contribution is 2.27. The standard InChI is InChI=1S/C11H25N/c1-9(2)6-10(8-12)7-11(3,4)5/h9-10H,6-8,12H2,1-5H3/t10-/m0/s1.